The van der Waals surface area contributed by atoms with Crippen LogP contribution in [0.3, 0.4) is 0 Å². The van der Waals surface area contributed by atoms with Crippen LogP contribution in [0.25, 0.3) is 0 Å². The first kappa shape index (κ1) is 14.5. The van der Waals surface area contributed by atoms with E-state index in [0.29, 0.717) is 22.3 Å². The topological polar surface area (TPSA) is 20.3 Å². The highest BCUT2D eigenvalue weighted by atomic mass is 35.5. The van der Waals surface area contributed by atoms with E-state index in [4.69, 9.17) is 23.2 Å². The average Bonchev–Trinajstić information content (AvgIpc) is 2.79. The van der Waals surface area contributed by atoms with Crippen LogP contribution in [-0.2, 0) is 6.54 Å². The summed E-state index contributed by atoms with van der Waals surface area (Å²) in [7, 11) is 1.92. The summed E-state index contributed by atoms with van der Waals surface area (Å²) in [4.78, 5) is 14.7. The van der Waals surface area contributed by atoms with Gasteiger partial charge in [0.25, 0.3) is 0 Å². The van der Waals surface area contributed by atoms with E-state index >= 15 is 0 Å². The van der Waals surface area contributed by atoms with Crippen LogP contribution in [0, 0.1) is 0 Å². The number of Topliss-reactive ketones (excluding diaryl/α,β-unsaturated/α-hetero) is 1. The molecule has 2 aromatic rings. The van der Waals surface area contributed by atoms with Crippen molar-refractivity contribution in [3.05, 3.63) is 56.2 Å². The molecule has 2 rings (SSSR count). The molecule has 1 heterocycles. The molecular formula is C14H13Cl2NOS. The number of hydrogen-bond donors (Lipinski definition) is 0. The number of benzene rings is 1. The van der Waals surface area contributed by atoms with E-state index < -0.39 is 0 Å². The van der Waals surface area contributed by atoms with Crippen LogP contribution in [-0.4, -0.2) is 24.3 Å². The molecular weight excluding hydrogens is 301 g/mol. The number of carbonyl (C=O) groups excluding carboxylic acids is 1. The van der Waals surface area contributed by atoms with Gasteiger partial charge in [-0.3, -0.25) is 9.69 Å². The molecule has 19 heavy (non-hydrogen) atoms. The SMILES string of the molecule is CN(CC(=O)c1ccc(Cl)s1)Cc1ccc(Cl)cc1. The highest BCUT2D eigenvalue weighted by Gasteiger charge is 2.11. The Morgan fingerprint density at radius 1 is 1.16 bits per heavy atom. The largest absolute Gasteiger partial charge is 0.295 e. The zero-order valence-corrected chi connectivity index (χ0v) is 12.7. The van der Waals surface area contributed by atoms with Gasteiger partial charge in [0, 0.05) is 11.6 Å². The van der Waals surface area contributed by atoms with E-state index in [2.05, 4.69) is 0 Å². The Labute approximate surface area is 126 Å². The number of ketones is 1. The smallest absolute Gasteiger partial charge is 0.186 e. The van der Waals surface area contributed by atoms with Crippen molar-refractivity contribution in [2.75, 3.05) is 13.6 Å². The lowest BCUT2D eigenvalue weighted by molar-refractivity contribution is 0.0947. The maximum absolute atomic E-state index is 12.0. The summed E-state index contributed by atoms with van der Waals surface area (Å²) < 4.78 is 0.642. The second-order valence-corrected chi connectivity index (χ2v) is 6.48. The second kappa shape index (κ2) is 6.53. The molecule has 0 aliphatic heterocycles. The predicted octanol–water partition coefficient (Wildman–Crippen LogP) is 4.37. The van der Waals surface area contributed by atoms with Crippen LogP contribution < -0.4 is 0 Å². The zero-order chi connectivity index (χ0) is 13.8. The van der Waals surface area contributed by atoms with Crippen molar-refractivity contribution < 1.29 is 4.79 Å². The van der Waals surface area contributed by atoms with Gasteiger partial charge in [-0.1, -0.05) is 35.3 Å². The molecule has 0 aliphatic rings. The monoisotopic (exact) mass is 313 g/mol. The fourth-order valence-electron chi connectivity index (χ4n) is 1.74. The Morgan fingerprint density at radius 2 is 1.84 bits per heavy atom. The van der Waals surface area contributed by atoms with Gasteiger partial charge in [-0.15, -0.1) is 11.3 Å². The molecule has 0 spiro atoms. The Morgan fingerprint density at radius 3 is 2.42 bits per heavy atom. The average molecular weight is 314 g/mol. The van der Waals surface area contributed by atoms with E-state index in [9.17, 15) is 4.79 Å². The number of rotatable bonds is 5. The van der Waals surface area contributed by atoms with Crippen LogP contribution in [0.5, 0.6) is 0 Å². The molecule has 0 amide bonds. The number of carbonyl (C=O) groups is 1. The molecule has 100 valence electrons. The standard InChI is InChI=1S/C14H13Cl2NOS/c1-17(8-10-2-4-11(15)5-3-10)9-12(18)13-6-7-14(16)19-13/h2-7H,8-9H2,1H3. The fourth-order valence-corrected chi connectivity index (χ4v) is 2.84. The van der Waals surface area contributed by atoms with Crippen molar-refractivity contribution in [1.29, 1.82) is 0 Å². The highest BCUT2D eigenvalue weighted by molar-refractivity contribution is 7.18. The van der Waals surface area contributed by atoms with Crippen LogP contribution in [0.2, 0.25) is 9.36 Å². The Hall–Kier alpha value is -0.870. The number of halogens is 2. The minimum Gasteiger partial charge on any atom is -0.295 e. The van der Waals surface area contributed by atoms with Gasteiger partial charge in [-0.2, -0.15) is 0 Å². The first-order valence-electron chi connectivity index (χ1n) is 5.76. The first-order chi connectivity index (χ1) is 9.04. The number of likely N-dealkylation sites (N-methyl/N-ethyl adjacent to an activating group) is 1. The number of thiophene rings is 1. The van der Waals surface area contributed by atoms with Gasteiger partial charge < -0.3 is 0 Å². The summed E-state index contributed by atoms with van der Waals surface area (Å²) >= 11 is 13.0. The summed E-state index contributed by atoms with van der Waals surface area (Å²) in [6, 6.07) is 11.2. The molecule has 0 saturated carbocycles. The van der Waals surface area contributed by atoms with E-state index in [-0.39, 0.29) is 5.78 Å². The molecule has 5 heteroatoms. The summed E-state index contributed by atoms with van der Waals surface area (Å²) in [6.45, 7) is 1.08. The normalized spacial score (nSPS) is 10.9. The molecule has 0 radical (unpaired) electrons. The maximum Gasteiger partial charge on any atom is 0.186 e. The quantitative estimate of drug-likeness (QED) is 0.764. The molecule has 2 nitrogen and oxygen atoms in total. The summed E-state index contributed by atoms with van der Waals surface area (Å²) in [5, 5.41) is 0.718. The summed E-state index contributed by atoms with van der Waals surface area (Å²) in [6.07, 6.45) is 0. The molecule has 0 bridgehead atoms. The van der Waals surface area contributed by atoms with Crippen molar-refractivity contribution >= 4 is 40.3 Å². The maximum atomic E-state index is 12.0. The molecule has 0 atom stereocenters. The van der Waals surface area contributed by atoms with Gasteiger partial charge in [0.15, 0.2) is 5.78 Å². The molecule has 0 aliphatic carbocycles. The first-order valence-corrected chi connectivity index (χ1v) is 7.33. The van der Waals surface area contributed by atoms with Crippen LogP contribution in [0.4, 0.5) is 0 Å². The third kappa shape index (κ3) is 4.32. The van der Waals surface area contributed by atoms with Crippen LogP contribution in [0.15, 0.2) is 36.4 Å². The Bertz CT molecular complexity index is 565. The summed E-state index contributed by atoms with van der Waals surface area (Å²) in [5.41, 5.74) is 1.13. The third-order valence-corrected chi connectivity index (χ3v) is 4.15. The van der Waals surface area contributed by atoms with Gasteiger partial charge in [0.1, 0.15) is 0 Å². The van der Waals surface area contributed by atoms with E-state index in [1.54, 1.807) is 12.1 Å². The fraction of sp³-hybridized carbons (Fsp3) is 0.214. The van der Waals surface area contributed by atoms with Crippen LogP contribution >= 0.6 is 34.5 Å². The van der Waals surface area contributed by atoms with E-state index in [1.807, 2.05) is 36.2 Å². The van der Waals surface area contributed by atoms with Gasteiger partial charge in [-0.05, 0) is 36.9 Å². The third-order valence-electron chi connectivity index (χ3n) is 2.63. The predicted molar refractivity (Wildman–Crippen MR) is 81.4 cm³/mol. The second-order valence-electron chi connectivity index (χ2n) is 4.33. The molecule has 0 unspecified atom stereocenters. The minimum atomic E-state index is 0.0911. The molecule has 0 N–H and O–H groups in total. The highest BCUT2D eigenvalue weighted by Crippen LogP contribution is 2.22. The van der Waals surface area contributed by atoms with Crippen molar-refractivity contribution in [2.45, 2.75) is 6.54 Å². The van der Waals surface area contributed by atoms with Gasteiger partial charge >= 0.3 is 0 Å². The number of nitrogens with zero attached hydrogens (tertiary/aromatic N) is 1. The Balaban J connectivity index is 1.92. The Kier molecular flexibility index (Phi) is 4.99. The molecule has 1 aromatic heterocycles. The van der Waals surface area contributed by atoms with Gasteiger partial charge in [0.05, 0.1) is 15.8 Å². The summed E-state index contributed by atoms with van der Waals surface area (Å²) in [5.74, 6) is 0.0911. The molecule has 0 fully saturated rings. The molecule has 0 saturated heterocycles. The van der Waals surface area contributed by atoms with E-state index in [1.165, 1.54) is 11.3 Å². The van der Waals surface area contributed by atoms with Crippen molar-refractivity contribution in [1.82, 2.24) is 4.90 Å². The van der Waals surface area contributed by atoms with Crippen molar-refractivity contribution in [2.24, 2.45) is 0 Å². The van der Waals surface area contributed by atoms with Gasteiger partial charge in [-0.25, -0.2) is 0 Å². The lowest BCUT2D eigenvalue weighted by Crippen LogP contribution is -2.25. The zero-order valence-electron chi connectivity index (χ0n) is 10.4. The van der Waals surface area contributed by atoms with Gasteiger partial charge in [0.2, 0.25) is 0 Å². The lowest BCUT2D eigenvalue weighted by Gasteiger charge is -2.15. The van der Waals surface area contributed by atoms with Crippen LogP contribution in [0.1, 0.15) is 15.2 Å². The van der Waals surface area contributed by atoms with E-state index in [0.717, 1.165) is 10.6 Å². The van der Waals surface area contributed by atoms with Crippen molar-refractivity contribution in [3.63, 3.8) is 0 Å². The lowest BCUT2D eigenvalue weighted by atomic mass is 10.2. The number of hydrogen-bond acceptors (Lipinski definition) is 3. The minimum absolute atomic E-state index is 0.0911. The van der Waals surface area contributed by atoms with Crippen molar-refractivity contribution in [3.8, 4) is 0 Å². The molecule has 1 aromatic carbocycles.